The summed E-state index contributed by atoms with van der Waals surface area (Å²) < 4.78 is 33.4. The maximum absolute atomic E-state index is 13.5. The molecule has 2 amide bonds. The number of hydrogen-bond acceptors (Lipinski definition) is 3. The lowest BCUT2D eigenvalue weighted by atomic mass is 9.90. The Morgan fingerprint density at radius 3 is 3.00 bits per heavy atom. The normalized spacial score (nSPS) is 17.1. The number of ether oxygens (including phenoxy) is 1. The van der Waals surface area contributed by atoms with Crippen molar-refractivity contribution in [1.82, 2.24) is 20.0 Å². The van der Waals surface area contributed by atoms with Crippen LogP contribution in [0.1, 0.15) is 29.9 Å². The van der Waals surface area contributed by atoms with Crippen molar-refractivity contribution in [3.05, 3.63) is 53.4 Å². The van der Waals surface area contributed by atoms with Crippen molar-refractivity contribution in [1.29, 1.82) is 0 Å². The van der Waals surface area contributed by atoms with Crippen LogP contribution in [0.4, 0.5) is 13.6 Å². The van der Waals surface area contributed by atoms with Gasteiger partial charge in [-0.3, -0.25) is 4.68 Å². The molecule has 1 fully saturated rings. The lowest BCUT2D eigenvalue weighted by Crippen LogP contribution is -2.44. The smallest absolute Gasteiger partial charge is 0.317 e. The summed E-state index contributed by atoms with van der Waals surface area (Å²) in [5.74, 6) is -1.69. The fourth-order valence-electron chi connectivity index (χ4n) is 3.29. The van der Waals surface area contributed by atoms with E-state index in [0.717, 1.165) is 30.0 Å². The van der Waals surface area contributed by atoms with E-state index in [0.29, 0.717) is 32.8 Å². The number of likely N-dealkylation sites (tertiary alicyclic amines) is 1. The summed E-state index contributed by atoms with van der Waals surface area (Å²) in [6.07, 6.45) is 5.27. The van der Waals surface area contributed by atoms with Crippen LogP contribution in [0.25, 0.3) is 0 Å². The van der Waals surface area contributed by atoms with Gasteiger partial charge in [-0.05, 0) is 30.5 Å². The van der Waals surface area contributed by atoms with E-state index in [-0.39, 0.29) is 11.9 Å². The van der Waals surface area contributed by atoms with Gasteiger partial charge in [0.05, 0.1) is 19.3 Å². The van der Waals surface area contributed by atoms with Gasteiger partial charge in [-0.1, -0.05) is 6.07 Å². The van der Waals surface area contributed by atoms with Crippen LogP contribution in [0.5, 0.6) is 0 Å². The molecular weight excluding hydrogens is 354 g/mol. The van der Waals surface area contributed by atoms with Gasteiger partial charge in [0, 0.05) is 44.4 Å². The van der Waals surface area contributed by atoms with Gasteiger partial charge in [-0.25, -0.2) is 13.6 Å². The molecule has 146 valence electrons. The highest BCUT2D eigenvalue weighted by molar-refractivity contribution is 5.74. The first-order valence-corrected chi connectivity index (χ1v) is 9.05. The number of carbonyl (C=O) groups is 1. The highest BCUT2D eigenvalue weighted by Crippen LogP contribution is 2.28. The van der Waals surface area contributed by atoms with Crippen LogP contribution in [0, 0.1) is 11.6 Å². The molecule has 3 rings (SSSR count). The summed E-state index contributed by atoms with van der Waals surface area (Å²) in [5.41, 5.74) is 1.64. The van der Waals surface area contributed by atoms with Gasteiger partial charge < -0.3 is 15.0 Å². The largest absolute Gasteiger partial charge is 0.383 e. The van der Waals surface area contributed by atoms with Gasteiger partial charge >= 0.3 is 6.03 Å². The number of halogens is 2. The van der Waals surface area contributed by atoms with Crippen LogP contribution < -0.4 is 5.32 Å². The van der Waals surface area contributed by atoms with Crippen molar-refractivity contribution in [3.8, 4) is 0 Å². The molecule has 2 aromatic rings. The number of amides is 2. The van der Waals surface area contributed by atoms with Crippen LogP contribution in [0.3, 0.4) is 0 Å². The molecule has 8 heteroatoms. The first-order valence-electron chi connectivity index (χ1n) is 9.05. The summed E-state index contributed by atoms with van der Waals surface area (Å²) in [4.78, 5) is 14.2. The molecule has 0 aliphatic carbocycles. The second kappa shape index (κ2) is 8.94. The third-order valence-corrected chi connectivity index (χ3v) is 4.78. The Kier molecular flexibility index (Phi) is 6.39. The van der Waals surface area contributed by atoms with E-state index >= 15 is 0 Å². The lowest BCUT2D eigenvalue weighted by Gasteiger charge is -2.33. The van der Waals surface area contributed by atoms with Crippen molar-refractivity contribution >= 4 is 6.03 Å². The van der Waals surface area contributed by atoms with Gasteiger partial charge in [0.1, 0.15) is 0 Å². The minimum Gasteiger partial charge on any atom is -0.383 e. The topological polar surface area (TPSA) is 59.4 Å². The highest BCUT2D eigenvalue weighted by atomic mass is 19.2. The average molecular weight is 378 g/mol. The molecule has 1 aromatic heterocycles. The molecule has 1 N–H and O–H groups in total. The molecule has 1 unspecified atom stereocenters. The maximum atomic E-state index is 13.5. The van der Waals surface area contributed by atoms with Crippen molar-refractivity contribution in [3.63, 3.8) is 0 Å². The van der Waals surface area contributed by atoms with Gasteiger partial charge in [-0.2, -0.15) is 5.10 Å². The van der Waals surface area contributed by atoms with E-state index in [4.69, 9.17) is 4.74 Å². The summed E-state index contributed by atoms with van der Waals surface area (Å²) >= 11 is 0. The molecule has 27 heavy (non-hydrogen) atoms. The van der Waals surface area contributed by atoms with E-state index in [1.165, 1.54) is 6.07 Å². The number of nitrogens with zero attached hydrogens (tertiary/aromatic N) is 3. The number of carbonyl (C=O) groups excluding carboxylic acids is 1. The fourth-order valence-corrected chi connectivity index (χ4v) is 3.29. The van der Waals surface area contributed by atoms with Crippen molar-refractivity contribution in [2.75, 3.05) is 26.8 Å². The van der Waals surface area contributed by atoms with Crippen LogP contribution in [-0.4, -0.2) is 47.5 Å². The average Bonchev–Trinajstić information content (AvgIpc) is 3.14. The molecule has 0 radical (unpaired) electrons. The molecule has 0 bridgehead atoms. The summed E-state index contributed by atoms with van der Waals surface area (Å²) in [7, 11) is 1.64. The first kappa shape index (κ1) is 19.3. The first-order chi connectivity index (χ1) is 13.1. The SMILES string of the molecule is COCCn1cc(CNC(=O)N2CCCC(c3ccc(F)c(F)c3)C2)cn1. The number of hydrogen-bond donors (Lipinski definition) is 1. The van der Waals surface area contributed by atoms with Crippen LogP contribution in [0.2, 0.25) is 0 Å². The maximum Gasteiger partial charge on any atom is 0.317 e. The number of methoxy groups -OCH3 is 1. The zero-order valence-electron chi connectivity index (χ0n) is 15.3. The minimum absolute atomic E-state index is 0.0105. The monoisotopic (exact) mass is 378 g/mol. The lowest BCUT2D eigenvalue weighted by molar-refractivity contribution is 0.179. The number of benzene rings is 1. The van der Waals surface area contributed by atoms with Crippen LogP contribution in [-0.2, 0) is 17.8 Å². The van der Waals surface area contributed by atoms with Crippen LogP contribution >= 0.6 is 0 Å². The van der Waals surface area contributed by atoms with E-state index < -0.39 is 11.6 Å². The Morgan fingerprint density at radius 2 is 2.22 bits per heavy atom. The molecule has 0 spiro atoms. The molecule has 0 saturated carbocycles. The number of nitrogens with one attached hydrogen (secondary N) is 1. The number of piperidine rings is 1. The molecular formula is C19H24F2N4O2. The Labute approximate surface area is 157 Å². The molecule has 1 aliphatic rings. The standard InChI is InChI=1S/C19H24F2N4O2/c1-27-8-7-25-12-14(11-23-25)10-22-19(26)24-6-2-3-16(13-24)15-4-5-17(20)18(21)9-15/h4-5,9,11-12,16H,2-3,6-8,10,13H2,1H3,(H,22,26). The molecule has 1 atom stereocenters. The van der Waals surface area contributed by atoms with Gasteiger partial charge in [0.25, 0.3) is 0 Å². The molecule has 1 saturated heterocycles. The fraction of sp³-hybridized carbons (Fsp3) is 0.474. The zero-order chi connectivity index (χ0) is 19.2. The third kappa shape index (κ3) is 5.03. The second-order valence-electron chi connectivity index (χ2n) is 6.72. The van der Waals surface area contributed by atoms with Crippen LogP contribution in [0.15, 0.2) is 30.6 Å². The van der Waals surface area contributed by atoms with E-state index in [2.05, 4.69) is 10.4 Å². The summed E-state index contributed by atoms with van der Waals surface area (Å²) in [6, 6.07) is 3.81. The Bertz CT molecular complexity index is 781. The van der Waals surface area contributed by atoms with Crippen molar-refractivity contribution < 1.29 is 18.3 Å². The minimum atomic E-state index is -0.852. The summed E-state index contributed by atoms with van der Waals surface area (Å²) in [6.45, 7) is 2.76. The predicted octanol–water partition coefficient (Wildman–Crippen LogP) is 2.90. The second-order valence-corrected chi connectivity index (χ2v) is 6.72. The number of urea groups is 1. The highest BCUT2D eigenvalue weighted by Gasteiger charge is 2.25. The van der Waals surface area contributed by atoms with Gasteiger partial charge in [0.15, 0.2) is 11.6 Å². The van der Waals surface area contributed by atoms with Gasteiger partial charge in [0.2, 0.25) is 0 Å². The van der Waals surface area contributed by atoms with E-state index in [9.17, 15) is 13.6 Å². The van der Waals surface area contributed by atoms with E-state index in [1.807, 2.05) is 6.20 Å². The predicted molar refractivity (Wildman–Crippen MR) is 96.2 cm³/mol. The molecule has 2 heterocycles. The quantitative estimate of drug-likeness (QED) is 0.841. The number of rotatable bonds is 6. The zero-order valence-corrected chi connectivity index (χ0v) is 15.3. The van der Waals surface area contributed by atoms with Crippen molar-refractivity contribution in [2.45, 2.75) is 31.8 Å². The Balaban J connectivity index is 1.53. The molecule has 1 aromatic carbocycles. The van der Waals surface area contributed by atoms with Crippen molar-refractivity contribution in [2.24, 2.45) is 0 Å². The number of aromatic nitrogens is 2. The van der Waals surface area contributed by atoms with E-state index in [1.54, 1.807) is 29.0 Å². The molecule has 1 aliphatic heterocycles. The third-order valence-electron chi connectivity index (χ3n) is 4.78. The summed E-state index contributed by atoms with van der Waals surface area (Å²) in [5, 5.41) is 7.12. The van der Waals surface area contributed by atoms with Gasteiger partial charge in [-0.15, -0.1) is 0 Å². The Morgan fingerprint density at radius 1 is 1.37 bits per heavy atom. The molecule has 6 nitrogen and oxygen atoms in total. The Hall–Kier alpha value is -2.48.